The second-order valence-corrected chi connectivity index (χ2v) is 6.39. The molecule has 114 valence electrons. The summed E-state index contributed by atoms with van der Waals surface area (Å²) < 4.78 is 61.5. The molecular weight excluding hydrogens is 340 g/mol. The highest BCUT2D eigenvalue weighted by atomic mass is 35.5. The largest absolute Gasteiger partial charge is 0.390 e. The molecule has 1 aromatic rings. The zero-order valence-corrected chi connectivity index (χ0v) is 12.3. The summed E-state index contributed by atoms with van der Waals surface area (Å²) in [6.07, 6.45) is -5.73. The first kappa shape index (κ1) is 17.5. The summed E-state index contributed by atoms with van der Waals surface area (Å²) in [5.74, 6) is 0. The Labute approximate surface area is 124 Å². The van der Waals surface area contributed by atoms with Crippen LogP contribution in [0.5, 0.6) is 0 Å². The summed E-state index contributed by atoms with van der Waals surface area (Å²) in [4.78, 5) is -0.355. The lowest BCUT2D eigenvalue weighted by molar-refractivity contribution is -0.132. The van der Waals surface area contributed by atoms with Gasteiger partial charge in [-0.05, 0) is 17.7 Å². The van der Waals surface area contributed by atoms with Crippen molar-refractivity contribution in [2.45, 2.75) is 24.0 Å². The van der Waals surface area contributed by atoms with Gasteiger partial charge in [0.1, 0.15) is 4.90 Å². The third-order valence-electron chi connectivity index (χ3n) is 2.31. The summed E-state index contributed by atoms with van der Waals surface area (Å²) in [5, 5.41) is -0.00144. The number of hydrogen-bond acceptors (Lipinski definition) is 3. The number of benzene rings is 1. The molecule has 10 heteroatoms. The van der Waals surface area contributed by atoms with E-state index in [4.69, 9.17) is 28.9 Å². The highest BCUT2D eigenvalue weighted by Gasteiger charge is 2.28. The SMILES string of the molecule is NCc1cc(S(=O)(=O)NCCC(F)(F)F)c(Cl)cc1Cl. The minimum Gasteiger partial charge on any atom is -0.326 e. The molecule has 4 nitrogen and oxygen atoms in total. The molecule has 0 fully saturated rings. The fourth-order valence-electron chi connectivity index (χ4n) is 1.34. The van der Waals surface area contributed by atoms with Crippen molar-refractivity contribution in [3.63, 3.8) is 0 Å². The first-order valence-electron chi connectivity index (χ1n) is 5.31. The summed E-state index contributed by atoms with van der Waals surface area (Å²) in [5.41, 5.74) is 5.70. The number of hydrogen-bond donors (Lipinski definition) is 2. The maximum Gasteiger partial charge on any atom is 0.390 e. The molecule has 0 bridgehead atoms. The van der Waals surface area contributed by atoms with Crippen molar-refractivity contribution in [1.29, 1.82) is 0 Å². The predicted octanol–water partition coefficient (Wildman–Crippen LogP) is 2.68. The van der Waals surface area contributed by atoms with Gasteiger partial charge < -0.3 is 5.73 Å². The van der Waals surface area contributed by atoms with Gasteiger partial charge in [0.25, 0.3) is 0 Å². The van der Waals surface area contributed by atoms with E-state index in [-0.39, 0.29) is 21.5 Å². The minimum absolute atomic E-state index is 0.0267. The summed E-state index contributed by atoms with van der Waals surface area (Å²) in [6.45, 7) is -0.802. The molecule has 1 aromatic carbocycles. The average molecular weight is 351 g/mol. The van der Waals surface area contributed by atoms with Crippen molar-refractivity contribution >= 4 is 33.2 Å². The lowest BCUT2D eigenvalue weighted by Gasteiger charge is -2.11. The zero-order chi connectivity index (χ0) is 15.6. The van der Waals surface area contributed by atoms with Crippen LogP contribution in [0.15, 0.2) is 17.0 Å². The van der Waals surface area contributed by atoms with Crippen LogP contribution in [0.2, 0.25) is 10.0 Å². The molecule has 0 radical (unpaired) electrons. The van der Waals surface area contributed by atoms with Gasteiger partial charge in [-0.2, -0.15) is 13.2 Å². The molecule has 0 saturated heterocycles. The predicted molar refractivity (Wildman–Crippen MR) is 70.2 cm³/mol. The molecule has 0 heterocycles. The third-order valence-corrected chi connectivity index (χ3v) is 4.59. The van der Waals surface area contributed by atoms with Crippen LogP contribution in [0.1, 0.15) is 12.0 Å². The number of alkyl halides is 3. The molecule has 0 unspecified atom stereocenters. The Hall–Kier alpha value is -0.540. The zero-order valence-electron chi connectivity index (χ0n) is 9.97. The summed E-state index contributed by atoms with van der Waals surface area (Å²) in [7, 11) is -4.16. The van der Waals surface area contributed by atoms with E-state index >= 15 is 0 Å². The molecule has 0 aliphatic rings. The Morgan fingerprint density at radius 2 is 1.80 bits per heavy atom. The Balaban J connectivity index is 2.98. The molecule has 20 heavy (non-hydrogen) atoms. The second-order valence-electron chi connectivity index (χ2n) is 3.84. The Kier molecular flexibility index (Phi) is 5.68. The first-order chi connectivity index (χ1) is 9.07. The molecule has 0 atom stereocenters. The Morgan fingerprint density at radius 3 is 2.30 bits per heavy atom. The van der Waals surface area contributed by atoms with Gasteiger partial charge in [-0.25, -0.2) is 13.1 Å². The standard InChI is InChI=1S/C10H11Cl2F3N2O2S/c11-7-4-8(12)9(3-6(7)5-16)20(18,19)17-2-1-10(13,14)15/h3-4,17H,1-2,5,16H2. The molecule has 1 rings (SSSR count). The first-order valence-corrected chi connectivity index (χ1v) is 7.55. The topological polar surface area (TPSA) is 72.2 Å². The van der Waals surface area contributed by atoms with Crippen LogP contribution >= 0.6 is 23.2 Å². The smallest absolute Gasteiger partial charge is 0.326 e. The van der Waals surface area contributed by atoms with Crippen molar-refractivity contribution in [1.82, 2.24) is 4.72 Å². The van der Waals surface area contributed by atoms with Gasteiger partial charge in [-0.1, -0.05) is 23.2 Å². The number of rotatable bonds is 5. The fraction of sp³-hybridized carbons (Fsp3) is 0.400. The normalized spacial score (nSPS) is 12.7. The highest BCUT2D eigenvalue weighted by Crippen LogP contribution is 2.28. The van der Waals surface area contributed by atoms with Crippen LogP contribution in [-0.4, -0.2) is 21.1 Å². The fourth-order valence-corrected chi connectivity index (χ4v) is 3.24. The van der Waals surface area contributed by atoms with Gasteiger partial charge in [-0.15, -0.1) is 0 Å². The summed E-state index contributed by atoms with van der Waals surface area (Å²) in [6, 6.07) is 2.32. The monoisotopic (exact) mass is 350 g/mol. The minimum atomic E-state index is -4.45. The number of sulfonamides is 1. The Bertz CT molecular complexity index is 591. The van der Waals surface area contributed by atoms with Crippen LogP contribution < -0.4 is 10.5 Å². The van der Waals surface area contributed by atoms with Crippen molar-refractivity contribution < 1.29 is 21.6 Å². The van der Waals surface area contributed by atoms with E-state index in [1.807, 2.05) is 4.72 Å². The molecular formula is C10H11Cl2F3N2O2S. The van der Waals surface area contributed by atoms with E-state index in [0.29, 0.717) is 5.56 Å². The van der Waals surface area contributed by atoms with E-state index in [0.717, 1.165) is 6.07 Å². The number of nitrogens with one attached hydrogen (secondary N) is 1. The van der Waals surface area contributed by atoms with Crippen molar-refractivity contribution in [3.8, 4) is 0 Å². The van der Waals surface area contributed by atoms with Crippen LogP contribution in [0, 0.1) is 0 Å². The van der Waals surface area contributed by atoms with Crippen molar-refractivity contribution in [2.75, 3.05) is 6.54 Å². The number of halogens is 5. The van der Waals surface area contributed by atoms with Crippen molar-refractivity contribution in [2.24, 2.45) is 5.73 Å². The van der Waals surface area contributed by atoms with E-state index in [9.17, 15) is 21.6 Å². The molecule has 0 aromatic heterocycles. The lowest BCUT2D eigenvalue weighted by atomic mass is 10.2. The van der Waals surface area contributed by atoms with Crippen LogP contribution in [0.25, 0.3) is 0 Å². The van der Waals surface area contributed by atoms with E-state index in [2.05, 4.69) is 0 Å². The van der Waals surface area contributed by atoms with E-state index in [1.165, 1.54) is 6.07 Å². The van der Waals surface area contributed by atoms with Crippen LogP contribution in [0.4, 0.5) is 13.2 Å². The molecule has 0 amide bonds. The maximum absolute atomic E-state index is 12.0. The molecule has 0 saturated carbocycles. The number of nitrogens with two attached hydrogens (primary N) is 1. The van der Waals surface area contributed by atoms with Gasteiger partial charge >= 0.3 is 6.18 Å². The molecule has 0 aliphatic heterocycles. The second kappa shape index (κ2) is 6.48. The van der Waals surface area contributed by atoms with Gasteiger partial charge in [0, 0.05) is 18.1 Å². The highest BCUT2D eigenvalue weighted by molar-refractivity contribution is 7.89. The molecule has 3 N–H and O–H groups in total. The van der Waals surface area contributed by atoms with Gasteiger partial charge in [0.2, 0.25) is 10.0 Å². The molecule has 0 spiro atoms. The van der Waals surface area contributed by atoms with Gasteiger partial charge in [0.05, 0.1) is 11.4 Å². The maximum atomic E-state index is 12.0. The van der Waals surface area contributed by atoms with E-state index in [1.54, 1.807) is 0 Å². The van der Waals surface area contributed by atoms with E-state index < -0.39 is 29.2 Å². The third kappa shape index (κ3) is 4.78. The van der Waals surface area contributed by atoms with Crippen LogP contribution in [-0.2, 0) is 16.6 Å². The van der Waals surface area contributed by atoms with Crippen LogP contribution in [0.3, 0.4) is 0 Å². The van der Waals surface area contributed by atoms with Gasteiger partial charge in [0.15, 0.2) is 0 Å². The quantitative estimate of drug-likeness (QED) is 0.857. The average Bonchev–Trinajstić information content (AvgIpc) is 2.26. The molecule has 0 aliphatic carbocycles. The Morgan fingerprint density at radius 1 is 1.20 bits per heavy atom. The lowest BCUT2D eigenvalue weighted by Crippen LogP contribution is -2.28. The van der Waals surface area contributed by atoms with Crippen molar-refractivity contribution in [3.05, 3.63) is 27.7 Å². The van der Waals surface area contributed by atoms with Gasteiger partial charge in [-0.3, -0.25) is 0 Å². The summed E-state index contributed by atoms with van der Waals surface area (Å²) >= 11 is 11.5.